The maximum Gasteiger partial charge on any atom is 0.252 e. The highest BCUT2D eigenvalue weighted by Crippen LogP contribution is 2.53. The third-order valence-corrected chi connectivity index (χ3v) is 27.9. The summed E-state index contributed by atoms with van der Waals surface area (Å²) in [5, 5.41) is 4.85. The molecule has 4 aliphatic rings. The van der Waals surface area contributed by atoms with E-state index in [2.05, 4.69) is 437 Å². The first kappa shape index (κ1) is 74.1. The number of fused-ring (bicyclic) bond motifs is 12. The van der Waals surface area contributed by atoms with Gasteiger partial charge >= 0.3 is 0 Å². The van der Waals surface area contributed by atoms with Crippen LogP contribution in [0, 0.1) is 0 Å². The van der Waals surface area contributed by atoms with Crippen LogP contribution in [0.3, 0.4) is 0 Å². The monoisotopic (exact) mass is 1540 g/mol. The lowest BCUT2D eigenvalue weighted by Gasteiger charge is -2.45. The fraction of sp³-hybridized carbons (Fsp3) is 0.211. The first-order valence-corrected chi connectivity index (χ1v) is 43.2. The quantitative estimate of drug-likeness (QED) is 0.127. The number of anilines is 6. The van der Waals surface area contributed by atoms with Gasteiger partial charge in [-0.25, -0.2) is 0 Å². The van der Waals surface area contributed by atoms with Crippen LogP contribution in [-0.4, -0.2) is 15.8 Å². The van der Waals surface area contributed by atoms with E-state index in [1.165, 1.54) is 151 Å². The summed E-state index contributed by atoms with van der Waals surface area (Å²) in [6, 6.07) is 125. The lowest BCUT2D eigenvalue weighted by Crippen LogP contribution is -2.61. The molecule has 582 valence electrons. The van der Waals surface area contributed by atoms with Gasteiger partial charge in [-0.15, -0.1) is 0 Å². The summed E-state index contributed by atoms with van der Waals surface area (Å²) in [6.45, 7) is 33.5. The van der Waals surface area contributed by atoms with Crippen LogP contribution in [0.15, 0.2) is 322 Å². The molecule has 0 atom stereocenters. The molecular formula is C114H103BN4. The minimum atomic E-state index is -0.211. The van der Waals surface area contributed by atoms with Gasteiger partial charge in [0.25, 0.3) is 6.71 Å². The molecule has 0 amide bonds. The molecule has 0 saturated heterocycles. The Labute approximate surface area is 703 Å². The number of hydrogen-bond acceptors (Lipinski definition) is 2. The Balaban J connectivity index is 0.853. The second-order valence-corrected chi connectivity index (χ2v) is 39.4. The molecule has 21 rings (SSSR count). The van der Waals surface area contributed by atoms with E-state index in [4.69, 9.17) is 0 Å². The maximum absolute atomic E-state index is 2.66. The van der Waals surface area contributed by atoms with E-state index >= 15 is 0 Å². The molecule has 17 aromatic rings. The molecule has 0 bridgehead atoms. The first-order chi connectivity index (χ1) is 57.2. The lowest BCUT2D eigenvalue weighted by molar-refractivity contribution is 0.332. The molecule has 15 aromatic carbocycles. The molecule has 0 saturated carbocycles. The zero-order valence-electron chi connectivity index (χ0n) is 71.3. The Morgan fingerprint density at radius 2 is 0.555 bits per heavy atom. The normalized spacial score (nSPS) is 15.6. The first-order valence-electron chi connectivity index (χ1n) is 43.2. The van der Waals surface area contributed by atoms with Crippen molar-refractivity contribution in [2.24, 2.45) is 0 Å². The van der Waals surface area contributed by atoms with E-state index in [9.17, 15) is 0 Å². The van der Waals surface area contributed by atoms with Crippen LogP contribution >= 0.6 is 0 Å². The standard InChI is InChI=1S/C114H103BN4/c1-109(2,3)84-60-83(61-85(68-84)110(4,5)6)82-40-51-98-104(67-82)116(86-44-34-75(35-45-86)80-38-49-94-96(65-80)113(11,12)58-56-111(94,7)8)106-70-89(119-100-33-25-24-32-90(100)91-62-77(41-53-101(91)119)72-26-18-15-19-27-72)71-107-108(106)115(98)99-52-48-88(69-105(99)117(107)87-46-36-76(37-47-87)81-39-50-95-97(66-81)114(13,14)59-57-112(95,9)10)118-102-54-42-78(73-28-20-16-21-29-73)63-92(102)93-64-79(43-55-103(93)118)74-30-22-17-23-31-74/h15-55,60-71H,56-59H2,1-14H3. The number of aromatic nitrogens is 2. The van der Waals surface area contributed by atoms with Crippen LogP contribution in [0.2, 0.25) is 0 Å². The van der Waals surface area contributed by atoms with E-state index in [1.807, 2.05) is 0 Å². The number of nitrogens with zero attached hydrogens (tertiary/aromatic N) is 4. The van der Waals surface area contributed by atoms with E-state index < -0.39 is 0 Å². The Hall–Kier alpha value is -12.4. The smallest absolute Gasteiger partial charge is 0.252 e. The summed E-state index contributed by atoms with van der Waals surface area (Å²) in [6.07, 6.45) is 4.67. The molecular weight excluding hydrogens is 1440 g/mol. The van der Waals surface area contributed by atoms with Gasteiger partial charge < -0.3 is 18.9 Å². The van der Waals surface area contributed by atoms with Gasteiger partial charge in [0, 0.05) is 61.4 Å². The van der Waals surface area contributed by atoms with Crippen LogP contribution < -0.4 is 26.2 Å². The van der Waals surface area contributed by atoms with Gasteiger partial charge in [-0.3, -0.25) is 0 Å². The van der Waals surface area contributed by atoms with Crippen LogP contribution in [-0.2, 0) is 32.5 Å². The van der Waals surface area contributed by atoms with Crippen molar-refractivity contribution in [3.63, 3.8) is 0 Å². The molecule has 5 heteroatoms. The van der Waals surface area contributed by atoms with Gasteiger partial charge in [0.2, 0.25) is 0 Å². The van der Waals surface area contributed by atoms with Gasteiger partial charge in [0.15, 0.2) is 0 Å². The zero-order chi connectivity index (χ0) is 81.6. The Kier molecular flexibility index (Phi) is 16.9. The van der Waals surface area contributed by atoms with Crippen LogP contribution in [0.5, 0.6) is 0 Å². The molecule has 119 heavy (non-hydrogen) atoms. The summed E-state index contributed by atoms with van der Waals surface area (Å²) < 4.78 is 5.12. The third kappa shape index (κ3) is 12.3. The van der Waals surface area contributed by atoms with Gasteiger partial charge in [-0.1, -0.05) is 321 Å². The second-order valence-electron chi connectivity index (χ2n) is 39.4. The summed E-state index contributed by atoms with van der Waals surface area (Å²) in [4.78, 5) is 5.31. The molecule has 4 nitrogen and oxygen atoms in total. The number of benzene rings is 15. The molecule has 0 unspecified atom stereocenters. The average molecular weight is 1540 g/mol. The van der Waals surface area contributed by atoms with E-state index in [0.29, 0.717) is 0 Å². The van der Waals surface area contributed by atoms with Gasteiger partial charge in [-0.05, 0) is 272 Å². The molecule has 4 heterocycles. The Bertz CT molecular complexity index is 6840. The molecule has 0 radical (unpaired) electrons. The van der Waals surface area contributed by atoms with Crippen LogP contribution in [0.1, 0.15) is 156 Å². The lowest BCUT2D eigenvalue weighted by atomic mass is 9.33. The number of rotatable bonds is 10. The topological polar surface area (TPSA) is 16.3 Å². The summed E-state index contributed by atoms with van der Waals surface area (Å²) in [5.74, 6) is 0. The summed E-state index contributed by atoms with van der Waals surface area (Å²) in [7, 11) is 0. The van der Waals surface area contributed by atoms with Gasteiger partial charge in [0.05, 0.1) is 27.8 Å². The van der Waals surface area contributed by atoms with Gasteiger partial charge in [0.1, 0.15) is 0 Å². The SMILES string of the molecule is CC(C)(C)c1cc(-c2ccc3c(c2)N(c2ccc(-c4ccc5c(c4)C(C)(C)CCC5(C)C)cc2)c2cc(-n4c5ccccc5c5cc(-c6ccccc6)ccc54)cc4c2B3c2ccc(-n3c5ccc(-c6ccccc6)cc5c5cc(-c6ccccc6)ccc53)cc2N4c2ccc(-c3ccc4c(c3)C(C)(C)CCC4(C)C)cc2)cc(C(C)(C)C)c1. The van der Waals surface area contributed by atoms with Crippen LogP contribution in [0.4, 0.5) is 34.1 Å². The van der Waals surface area contributed by atoms with Crippen molar-refractivity contribution in [3.05, 3.63) is 355 Å². The highest BCUT2D eigenvalue weighted by Gasteiger charge is 2.46. The van der Waals surface area contributed by atoms with Crippen LogP contribution in [0.25, 0.3) is 122 Å². The second kappa shape index (κ2) is 27.1. The number of hydrogen-bond donors (Lipinski definition) is 0. The van der Waals surface area contributed by atoms with Crippen molar-refractivity contribution >= 4 is 101 Å². The maximum atomic E-state index is 2.66. The Morgan fingerprint density at radius 1 is 0.235 bits per heavy atom. The predicted molar refractivity (Wildman–Crippen MR) is 510 cm³/mol. The number of para-hydroxylation sites is 1. The van der Waals surface area contributed by atoms with Crippen molar-refractivity contribution in [1.29, 1.82) is 0 Å². The highest BCUT2D eigenvalue weighted by atomic mass is 15.2. The summed E-state index contributed by atoms with van der Waals surface area (Å²) in [5.41, 5.74) is 40.5. The molecule has 0 spiro atoms. The average Bonchev–Trinajstić information content (AvgIpc) is 1.45. The molecule has 2 aromatic heterocycles. The van der Waals surface area contributed by atoms with E-state index in [0.717, 1.165) is 80.4 Å². The van der Waals surface area contributed by atoms with Crippen molar-refractivity contribution < 1.29 is 0 Å². The van der Waals surface area contributed by atoms with E-state index in [-0.39, 0.29) is 39.2 Å². The van der Waals surface area contributed by atoms with E-state index in [1.54, 1.807) is 0 Å². The molecule has 0 N–H and O–H groups in total. The zero-order valence-corrected chi connectivity index (χ0v) is 71.3. The molecule has 2 aliphatic heterocycles. The van der Waals surface area contributed by atoms with Crippen molar-refractivity contribution in [2.75, 3.05) is 9.80 Å². The van der Waals surface area contributed by atoms with Crippen molar-refractivity contribution in [3.8, 4) is 78.1 Å². The van der Waals surface area contributed by atoms with Gasteiger partial charge in [-0.2, -0.15) is 0 Å². The summed E-state index contributed by atoms with van der Waals surface area (Å²) >= 11 is 0. The third-order valence-electron chi connectivity index (χ3n) is 27.9. The fourth-order valence-electron chi connectivity index (χ4n) is 20.8. The fourth-order valence-corrected chi connectivity index (χ4v) is 20.8. The van der Waals surface area contributed by atoms with Crippen molar-refractivity contribution in [2.45, 2.75) is 155 Å². The molecule has 2 aliphatic carbocycles. The molecule has 0 fully saturated rings. The van der Waals surface area contributed by atoms with Crippen molar-refractivity contribution in [1.82, 2.24) is 9.13 Å². The largest absolute Gasteiger partial charge is 0.311 e. The predicted octanol–water partition coefficient (Wildman–Crippen LogP) is 29.3. The minimum absolute atomic E-state index is 0.0573. The minimum Gasteiger partial charge on any atom is -0.311 e. The highest BCUT2D eigenvalue weighted by molar-refractivity contribution is 7.00. The Morgan fingerprint density at radius 3 is 1.00 bits per heavy atom.